The molecule has 1 fully saturated rings. The SMILES string of the molecule is C[C@@]1(F)[C@H](O)[C@@H](Cc2ccccc2)O[C@H]1n1ccc(=O)[nH]c1=O. The first-order chi connectivity index (χ1) is 10.9. The average molecular weight is 320 g/mol. The lowest BCUT2D eigenvalue weighted by Crippen LogP contribution is -2.43. The maximum Gasteiger partial charge on any atom is 0.330 e. The van der Waals surface area contributed by atoms with E-state index in [-0.39, 0.29) is 0 Å². The van der Waals surface area contributed by atoms with Gasteiger partial charge in [-0.05, 0) is 12.5 Å². The fourth-order valence-electron chi connectivity index (χ4n) is 2.84. The van der Waals surface area contributed by atoms with Crippen LogP contribution >= 0.6 is 0 Å². The van der Waals surface area contributed by atoms with Crippen molar-refractivity contribution in [2.75, 3.05) is 0 Å². The van der Waals surface area contributed by atoms with Crippen molar-refractivity contribution in [3.05, 3.63) is 69.0 Å². The zero-order chi connectivity index (χ0) is 16.6. The number of nitrogens with zero attached hydrogens (tertiary/aromatic N) is 1. The number of H-pyrrole nitrogens is 1. The first kappa shape index (κ1) is 15.6. The van der Waals surface area contributed by atoms with Crippen LogP contribution in [0.1, 0.15) is 18.7 Å². The first-order valence-corrected chi connectivity index (χ1v) is 7.27. The predicted octanol–water partition coefficient (Wildman–Crippen LogP) is 0.766. The van der Waals surface area contributed by atoms with Gasteiger partial charge in [0.2, 0.25) is 0 Å². The van der Waals surface area contributed by atoms with Crippen molar-refractivity contribution in [1.82, 2.24) is 9.55 Å². The molecule has 1 aliphatic heterocycles. The van der Waals surface area contributed by atoms with E-state index in [0.717, 1.165) is 16.2 Å². The van der Waals surface area contributed by atoms with E-state index in [4.69, 9.17) is 4.74 Å². The van der Waals surface area contributed by atoms with E-state index < -0.39 is 35.4 Å². The van der Waals surface area contributed by atoms with Gasteiger partial charge in [-0.3, -0.25) is 14.3 Å². The highest BCUT2D eigenvalue weighted by molar-refractivity contribution is 5.17. The highest BCUT2D eigenvalue weighted by Crippen LogP contribution is 2.41. The number of rotatable bonds is 3. The molecule has 1 aromatic carbocycles. The molecule has 1 aliphatic rings. The number of aromatic nitrogens is 2. The van der Waals surface area contributed by atoms with Gasteiger partial charge in [-0.1, -0.05) is 30.3 Å². The molecule has 1 aromatic heterocycles. The monoisotopic (exact) mass is 320 g/mol. The molecule has 0 aliphatic carbocycles. The van der Waals surface area contributed by atoms with Gasteiger partial charge in [0.25, 0.3) is 5.56 Å². The summed E-state index contributed by atoms with van der Waals surface area (Å²) in [5.41, 5.74) is -2.63. The third kappa shape index (κ3) is 2.85. The molecule has 4 atom stereocenters. The summed E-state index contributed by atoms with van der Waals surface area (Å²) >= 11 is 0. The summed E-state index contributed by atoms with van der Waals surface area (Å²) in [7, 11) is 0. The van der Waals surface area contributed by atoms with E-state index in [9.17, 15) is 19.1 Å². The van der Waals surface area contributed by atoms with Crippen LogP contribution in [-0.2, 0) is 11.2 Å². The first-order valence-electron chi connectivity index (χ1n) is 7.27. The summed E-state index contributed by atoms with van der Waals surface area (Å²) in [6, 6.07) is 10.4. The van der Waals surface area contributed by atoms with Gasteiger partial charge in [0.15, 0.2) is 11.9 Å². The van der Waals surface area contributed by atoms with Crippen molar-refractivity contribution < 1.29 is 14.2 Å². The van der Waals surface area contributed by atoms with Crippen LogP contribution in [-0.4, -0.2) is 32.5 Å². The largest absolute Gasteiger partial charge is 0.387 e. The average Bonchev–Trinajstić information content (AvgIpc) is 2.72. The number of aromatic amines is 1. The Balaban J connectivity index is 1.91. The van der Waals surface area contributed by atoms with Gasteiger partial charge in [-0.15, -0.1) is 0 Å². The molecule has 2 N–H and O–H groups in total. The van der Waals surface area contributed by atoms with Crippen LogP contribution in [0.25, 0.3) is 0 Å². The molecule has 2 heterocycles. The van der Waals surface area contributed by atoms with Gasteiger partial charge in [0.1, 0.15) is 6.10 Å². The Morgan fingerprint density at radius 2 is 2.00 bits per heavy atom. The topological polar surface area (TPSA) is 84.3 Å². The van der Waals surface area contributed by atoms with Crippen molar-refractivity contribution in [3.63, 3.8) is 0 Å². The molecule has 2 aromatic rings. The molecular weight excluding hydrogens is 303 g/mol. The minimum atomic E-state index is -2.17. The maximum atomic E-state index is 15.0. The van der Waals surface area contributed by atoms with E-state index in [2.05, 4.69) is 4.98 Å². The summed E-state index contributed by atoms with van der Waals surface area (Å²) in [5.74, 6) is 0. The fourth-order valence-corrected chi connectivity index (χ4v) is 2.84. The lowest BCUT2D eigenvalue weighted by Gasteiger charge is -2.24. The van der Waals surface area contributed by atoms with Crippen LogP contribution in [0.15, 0.2) is 52.2 Å². The zero-order valence-electron chi connectivity index (χ0n) is 12.5. The number of benzene rings is 1. The Bertz CT molecular complexity index is 799. The molecule has 0 unspecified atom stereocenters. The fraction of sp³-hybridized carbons (Fsp3) is 0.375. The molecule has 1 saturated heterocycles. The van der Waals surface area contributed by atoms with E-state index in [1.54, 1.807) is 0 Å². The predicted molar refractivity (Wildman–Crippen MR) is 80.9 cm³/mol. The maximum absolute atomic E-state index is 15.0. The summed E-state index contributed by atoms with van der Waals surface area (Å²) in [4.78, 5) is 25.1. The van der Waals surface area contributed by atoms with E-state index in [0.29, 0.717) is 6.42 Å². The van der Waals surface area contributed by atoms with Gasteiger partial charge < -0.3 is 9.84 Å². The van der Waals surface area contributed by atoms with E-state index in [1.807, 2.05) is 30.3 Å². The molecule has 0 spiro atoms. The quantitative estimate of drug-likeness (QED) is 0.875. The number of hydrogen-bond acceptors (Lipinski definition) is 4. The number of halogens is 1. The minimum absolute atomic E-state index is 0.316. The molecule has 0 amide bonds. The summed E-state index contributed by atoms with van der Waals surface area (Å²) < 4.78 is 21.5. The second-order valence-corrected chi connectivity index (χ2v) is 5.83. The second-order valence-electron chi connectivity index (χ2n) is 5.83. The van der Waals surface area contributed by atoms with Crippen molar-refractivity contribution >= 4 is 0 Å². The van der Waals surface area contributed by atoms with Crippen LogP contribution in [0.3, 0.4) is 0 Å². The zero-order valence-corrected chi connectivity index (χ0v) is 12.5. The van der Waals surface area contributed by atoms with E-state index >= 15 is 0 Å². The third-order valence-electron chi connectivity index (χ3n) is 4.10. The van der Waals surface area contributed by atoms with Crippen molar-refractivity contribution in [1.29, 1.82) is 0 Å². The van der Waals surface area contributed by atoms with Crippen molar-refractivity contribution in [3.8, 4) is 0 Å². The van der Waals surface area contributed by atoms with Gasteiger partial charge in [-0.2, -0.15) is 0 Å². The summed E-state index contributed by atoms with van der Waals surface area (Å²) in [5, 5.41) is 10.3. The summed E-state index contributed by atoms with van der Waals surface area (Å²) in [6.07, 6.45) is -2.02. The standard InChI is InChI=1S/C16H17FN2O4/c1-16(17)13(21)11(9-10-5-3-2-4-6-10)23-14(16)19-8-7-12(20)18-15(19)22/h2-8,11,13-14,21H,9H2,1H3,(H,18,20,22)/t11-,13-,14-,16-/m1/s1. The molecule has 0 radical (unpaired) electrons. The van der Waals surface area contributed by atoms with Gasteiger partial charge in [-0.25, -0.2) is 9.18 Å². The normalized spacial score (nSPS) is 30.5. The molecule has 0 bridgehead atoms. The Hall–Kier alpha value is -2.25. The molecule has 3 rings (SSSR count). The Morgan fingerprint density at radius 3 is 2.65 bits per heavy atom. The van der Waals surface area contributed by atoms with E-state index in [1.165, 1.54) is 13.1 Å². The number of hydrogen-bond donors (Lipinski definition) is 2. The number of ether oxygens (including phenoxy) is 1. The molecule has 6 nitrogen and oxygen atoms in total. The second kappa shape index (κ2) is 5.75. The van der Waals surface area contributed by atoms with Gasteiger partial charge >= 0.3 is 5.69 Å². The molecular formula is C16H17FN2O4. The molecule has 7 heteroatoms. The number of alkyl halides is 1. The number of nitrogens with one attached hydrogen (secondary N) is 1. The smallest absolute Gasteiger partial charge is 0.330 e. The Morgan fingerprint density at radius 1 is 1.30 bits per heavy atom. The molecule has 0 saturated carbocycles. The Labute approximate surface area is 131 Å². The summed E-state index contributed by atoms with van der Waals surface area (Å²) in [6.45, 7) is 1.19. The lowest BCUT2D eigenvalue weighted by atomic mass is 9.95. The van der Waals surface area contributed by atoms with Crippen LogP contribution < -0.4 is 11.2 Å². The molecule has 122 valence electrons. The van der Waals surface area contributed by atoms with Crippen LogP contribution in [0.4, 0.5) is 4.39 Å². The van der Waals surface area contributed by atoms with Crippen molar-refractivity contribution in [2.45, 2.75) is 37.4 Å². The Kier molecular flexibility index (Phi) is 3.91. The number of aliphatic hydroxyl groups is 1. The van der Waals surface area contributed by atoms with Gasteiger partial charge in [0.05, 0.1) is 6.10 Å². The lowest BCUT2D eigenvalue weighted by molar-refractivity contribution is -0.0503. The van der Waals surface area contributed by atoms with Crippen LogP contribution in [0, 0.1) is 0 Å². The van der Waals surface area contributed by atoms with Crippen molar-refractivity contribution in [2.24, 2.45) is 0 Å². The minimum Gasteiger partial charge on any atom is -0.387 e. The number of aliphatic hydroxyl groups excluding tert-OH is 1. The highest BCUT2D eigenvalue weighted by atomic mass is 19.1. The van der Waals surface area contributed by atoms with Gasteiger partial charge in [0, 0.05) is 18.7 Å². The third-order valence-corrected chi connectivity index (χ3v) is 4.10. The van der Waals surface area contributed by atoms with Crippen LogP contribution in [0.5, 0.6) is 0 Å². The highest BCUT2D eigenvalue weighted by Gasteiger charge is 2.55. The van der Waals surface area contributed by atoms with Crippen LogP contribution in [0.2, 0.25) is 0 Å². The molecule has 23 heavy (non-hydrogen) atoms.